The van der Waals surface area contributed by atoms with Gasteiger partial charge in [-0.05, 0) is 23.3 Å². The highest BCUT2D eigenvalue weighted by Crippen LogP contribution is 2.70. The van der Waals surface area contributed by atoms with Crippen LogP contribution in [0.4, 0.5) is 0 Å². The normalized spacial score (nSPS) is 30.1. The van der Waals surface area contributed by atoms with Crippen LogP contribution in [0.25, 0.3) is 0 Å². The maximum Gasteiger partial charge on any atom is 0.312 e. The van der Waals surface area contributed by atoms with Gasteiger partial charge >= 0.3 is 5.97 Å². The predicted octanol–water partition coefficient (Wildman–Crippen LogP) is 2.59. The van der Waals surface area contributed by atoms with Crippen LogP contribution >= 0.6 is 0 Å². The van der Waals surface area contributed by atoms with E-state index in [4.69, 9.17) is 42.1 Å². The molecular weight excluding hydrogens is 676 g/mol. The first kappa shape index (κ1) is 35.9. The fraction of sp³-hybridized carbons (Fsp3) is 0.457. The van der Waals surface area contributed by atoms with Gasteiger partial charge in [-0.25, -0.2) is 0 Å². The Morgan fingerprint density at radius 2 is 1.68 bits per heavy atom. The number of methoxy groups -OCH3 is 4. The van der Waals surface area contributed by atoms with Crippen LogP contribution in [0.3, 0.4) is 0 Å². The summed E-state index contributed by atoms with van der Waals surface area (Å²) in [5.74, 6) is -2.03. The van der Waals surface area contributed by atoms with Gasteiger partial charge in [0.2, 0.25) is 6.29 Å². The highest BCUT2D eigenvalue weighted by Gasteiger charge is 2.78. The standard InChI is InChI=1S/C35H40O14S/c1-41-22-13-11-21(12-14-22)35-28(20-9-7-6-8-10-20)27(31(37)43-3)30(36)34(35,38)29-25(42-2)17-24(18-26(29)49-35)48-33-32(44-4)45-19-23(47-33)15-16-46-50(5,39)40/h6-14,17-18,23,27-28,30,32-33,36,38H,15-16,19H2,1-5H3/t23-,27+,28+,30+,32+,33-,34-,35-/m0/s1. The summed E-state index contributed by atoms with van der Waals surface area (Å²) >= 11 is 0. The Morgan fingerprint density at radius 3 is 2.30 bits per heavy atom. The molecule has 270 valence electrons. The third-order valence-electron chi connectivity index (χ3n) is 9.41. The Hall–Kier alpha value is -3.96. The Kier molecular flexibility index (Phi) is 10.0. The number of rotatable bonds is 12. The van der Waals surface area contributed by atoms with Gasteiger partial charge in [0.1, 0.15) is 29.1 Å². The van der Waals surface area contributed by atoms with Crippen LogP contribution in [0.2, 0.25) is 0 Å². The lowest BCUT2D eigenvalue weighted by Crippen LogP contribution is -2.52. The van der Waals surface area contributed by atoms with Crippen molar-refractivity contribution in [3.63, 3.8) is 0 Å². The number of aliphatic hydroxyl groups is 2. The molecule has 1 saturated carbocycles. The number of hydrogen-bond acceptors (Lipinski definition) is 14. The zero-order valence-electron chi connectivity index (χ0n) is 28.1. The Morgan fingerprint density at radius 1 is 0.960 bits per heavy atom. The van der Waals surface area contributed by atoms with Crippen LogP contribution in [0.1, 0.15) is 29.0 Å². The largest absolute Gasteiger partial charge is 0.497 e. The molecule has 2 heterocycles. The van der Waals surface area contributed by atoms with Crippen LogP contribution in [-0.2, 0) is 49.2 Å². The monoisotopic (exact) mass is 716 g/mol. The van der Waals surface area contributed by atoms with E-state index in [1.165, 1.54) is 40.6 Å². The van der Waals surface area contributed by atoms with E-state index in [0.29, 0.717) is 16.9 Å². The molecule has 14 nitrogen and oxygen atoms in total. The molecule has 15 heteroatoms. The number of carbonyl (C=O) groups excluding carboxylic acids is 1. The molecule has 6 rings (SSSR count). The highest BCUT2D eigenvalue weighted by molar-refractivity contribution is 7.85. The lowest BCUT2D eigenvalue weighted by molar-refractivity contribution is -0.313. The summed E-state index contributed by atoms with van der Waals surface area (Å²) in [6, 6.07) is 18.8. The molecule has 2 N–H and O–H groups in total. The fourth-order valence-corrected chi connectivity index (χ4v) is 7.70. The minimum absolute atomic E-state index is 0.0931. The molecule has 3 aromatic rings. The summed E-state index contributed by atoms with van der Waals surface area (Å²) in [6.45, 7) is -0.0269. The van der Waals surface area contributed by atoms with Crippen molar-refractivity contribution in [1.82, 2.24) is 0 Å². The van der Waals surface area contributed by atoms with Crippen LogP contribution in [-0.4, -0.2) is 97.3 Å². The van der Waals surface area contributed by atoms with Crippen molar-refractivity contribution in [2.24, 2.45) is 5.92 Å². The van der Waals surface area contributed by atoms with Gasteiger partial charge in [-0.1, -0.05) is 42.5 Å². The molecule has 0 radical (unpaired) electrons. The summed E-state index contributed by atoms with van der Waals surface area (Å²) in [5, 5.41) is 25.2. The number of esters is 1. The average molecular weight is 717 g/mol. The summed E-state index contributed by atoms with van der Waals surface area (Å²) in [7, 11) is 1.92. The van der Waals surface area contributed by atoms with Crippen LogP contribution in [0.5, 0.6) is 23.0 Å². The number of hydrogen-bond donors (Lipinski definition) is 2. The number of fused-ring (bicyclic) bond motifs is 3. The van der Waals surface area contributed by atoms with Gasteiger partial charge in [-0.2, -0.15) is 8.42 Å². The highest BCUT2D eigenvalue weighted by atomic mass is 32.2. The fourth-order valence-electron chi connectivity index (χ4n) is 7.30. The maximum absolute atomic E-state index is 13.5. The Bertz CT molecular complexity index is 1780. The lowest BCUT2D eigenvalue weighted by atomic mass is 9.70. The zero-order valence-corrected chi connectivity index (χ0v) is 29.0. The number of carbonyl (C=O) groups is 1. The van der Waals surface area contributed by atoms with Crippen molar-refractivity contribution in [3.05, 3.63) is 83.4 Å². The third-order valence-corrected chi connectivity index (χ3v) is 10.0. The smallest absolute Gasteiger partial charge is 0.312 e. The van der Waals surface area contributed by atoms with Gasteiger partial charge in [-0.15, -0.1) is 0 Å². The van der Waals surface area contributed by atoms with E-state index in [1.54, 1.807) is 48.5 Å². The van der Waals surface area contributed by atoms with Gasteiger partial charge in [0.25, 0.3) is 16.4 Å². The van der Waals surface area contributed by atoms with Gasteiger partial charge in [0.05, 0.1) is 58.4 Å². The summed E-state index contributed by atoms with van der Waals surface area (Å²) in [5.41, 5.74) is -2.90. The molecule has 0 amide bonds. The predicted molar refractivity (Wildman–Crippen MR) is 174 cm³/mol. The van der Waals surface area contributed by atoms with E-state index in [1.807, 2.05) is 6.07 Å². The Balaban J connectivity index is 1.45. The summed E-state index contributed by atoms with van der Waals surface area (Å²) in [4.78, 5) is 13.5. The molecule has 3 aliphatic rings. The molecule has 0 spiro atoms. The molecule has 3 aromatic carbocycles. The minimum atomic E-state index is -3.64. The van der Waals surface area contributed by atoms with E-state index >= 15 is 0 Å². The molecule has 1 aliphatic carbocycles. The quantitative estimate of drug-likeness (QED) is 0.207. The summed E-state index contributed by atoms with van der Waals surface area (Å²) in [6.07, 6.45) is -3.24. The zero-order chi connectivity index (χ0) is 35.8. The van der Waals surface area contributed by atoms with Crippen molar-refractivity contribution >= 4 is 16.1 Å². The SMILES string of the molecule is COC(=O)[C@H]1[C@@H](O)[C@@]2(O)c3c(OC)cc(O[C@@H]4O[C@@H](CCOS(C)(=O)=O)CO[C@H]4OC)cc3O[C@@]2(c2ccc(OC)cc2)[C@@H]1c1ccccc1. The number of benzene rings is 3. The first-order chi connectivity index (χ1) is 23.9. The molecule has 0 aromatic heterocycles. The van der Waals surface area contributed by atoms with Crippen molar-refractivity contribution in [2.45, 2.75) is 48.3 Å². The van der Waals surface area contributed by atoms with Crippen LogP contribution in [0, 0.1) is 5.92 Å². The first-order valence-electron chi connectivity index (χ1n) is 15.8. The lowest BCUT2D eigenvalue weighted by Gasteiger charge is -2.40. The van der Waals surface area contributed by atoms with Crippen molar-refractivity contribution in [3.8, 4) is 23.0 Å². The second-order valence-corrected chi connectivity index (χ2v) is 13.9. The topological polar surface area (TPSA) is 175 Å². The molecule has 2 aliphatic heterocycles. The van der Waals surface area contributed by atoms with Gasteiger partial charge in [0.15, 0.2) is 11.2 Å². The number of ether oxygens (including phenoxy) is 8. The number of aliphatic hydroxyl groups excluding tert-OH is 1. The molecule has 0 unspecified atom stereocenters. The van der Waals surface area contributed by atoms with Crippen molar-refractivity contribution in [1.29, 1.82) is 0 Å². The van der Waals surface area contributed by atoms with Crippen LogP contribution in [0.15, 0.2) is 66.7 Å². The third kappa shape index (κ3) is 6.06. The van der Waals surface area contributed by atoms with E-state index in [9.17, 15) is 23.4 Å². The van der Waals surface area contributed by atoms with E-state index in [-0.39, 0.29) is 42.4 Å². The molecule has 0 bridgehead atoms. The van der Waals surface area contributed by atoms with Crippen LogP contribution < -0.4 is 18.9 Å². The molecule has 8 atom stereocenters. The first-order valence-corrected chi connectivity index (χ1v) is 17.6. The van der Waals surface area contributed by atoms with E-state index < -0.39 is 63.9 Å². The van der Waals surface area contributed by atoms with E-state index in [0.717, 1.165) is 6.26 Å². The van der Waals surface area contributed by atoms with E-state index in [2.05, 4.69) is 0 Å². The van der Waals surface area contributed by atoms with Crippen molar-refractivity contribution in [2.75, 3.05) is 47.9 Å². The molecule has 50 heavy (non-hydrogen) atoms. The van der Waals surface area contributed by atoms with Gasteiger partial charge < -0.3 is 48.1 Å². The average Bonchev–Trinajstić information content (AvgIpc) is 3.49. The molecular formula is C35H40O14S. The van der Waals surface area contributed by atoms with Gasteiger partial charge in [-0.3, -0.25) is 8.98 Å². The molecule has 2 fully saturated rings. The van der Waals surface area contributed by atoms with Crippen molar-refractivity contribution < 1.29 is 65.5 Å². The summed E-state index contributed by atoms with van der Waals surface area (Å²) < 4.78 is 74.5. The second kappa shape index (κ2) is 14.0. The molecule has 1 saturated heterocycles. The maximum atomic E-state index is 13.5. The Labute approximate surface area is 289 Å². The van der Waals surface area contributed by atoms with Gasteiger partial charge in [0, 0.05) is 31.6 Å². The second-order valence-electron chi connectivity index (χ2n) is 12.2. The minimum Gasteiger partial charge on any atom is -0.497 e.